The van der Waals surface area contributed by atoms with Gasteiger partial charge in [-0.1, -0.05) is 11.8 Å². The van der Waals surface area contributed by atoms with Crippen LogP contribution in [-0.2, 0) is 4.79 Å². The van der Waals surface area contributed by atoms with Gasteiger partial charge in [-0.25, -0.2) is 0 Å². The lowest BCUT2D eigenvalue weighted by molar-refractivity contribution is -0.133. The fourth-order valence-corrected chi connectivity index (χ4v) is 2.64. The first kappa shape index (κ1) is 13.6. The van der Waals surface area contributed by atoms with Crippen LogP contribution in [0.1, 0.15) is 6.92 Å². The van der Waals surface area contributed by atoms with E-state index in [0.717, 1.165) is 19.6 Å². The largest absolute Gasteiger partial charge is 0.338 e. The molecule has 2 rings (SSSR count). The third-order valence-electron chi connectivity index (χ3n) is 2.65. The Bertz CT molecular complexity index is 290. The normalized spacial score (nSPS) is 29.6. The molecule has 16 heavy (non-hydrogen) atoms. The Balaban J connectivity index is 0.00000128. The number of amides is 2. The van der Waals surface area contributed by atoms with E-state index in [1.807, 2.05) is 4.90 Å². The molecule has 0 unspecified atom stereocenters. The van der Waals surface area contributed by atoms with Gasteiger partial charge in [-0.05, 0) is 6.92 Å². The van der Waals surface area contributed by atoms with Crippen molar-refractivity contribution in [1.82, 2.24) is 15.5 Å². The zero-order valence-corrected chi connectivity index (χ0v) is 10.7. The van der Waals surface area contributed by atoms with E-state index in [1.54, 1.807) is 0 Å². The third-order valence-corrected chi connectivity index (χ3v) is 3.53. The number of rotatable bonds is 1. The number of carbonyl (C=O) groups is 2. The smallest absolute Gasteiger partial charge is 0.279 e. The Morgan fingerprint density at radius 1 is 1.56 bits per heavy atom. The standard InChI is InChI=1S/C9H15N3O2S.ClH/c1-6-4-12(3-2-10-6)8(13)7-5-15-9(14)11-7;/h6-7,10H,2-5H2,1H3,(H,11,14);1H/t6-,7-;/m0./s1. The van der Waals surface area contributed by atoms with E-state index < -0.39 is 0 Å². The molecule has 0 saturated carbocycles. The van der Waals surface area contributed by atoms with Gasteiger partial charge < -0.3 is 15.5 Å². The second-order valence-electron chi connectivity index (χ2n) is 3.93. The van der Waals surface area contributed by atoms with Crippen molar-refractivity contribution in [2.45, 2.75) is 19.0 Å². The van der Waals surface area contributed by atoms with Crippen LogP contribution in [0.25, 0.3) is 0 Å². The van der Waals surface area contributed by atoms with Crippen molar-refractivity contribution >= 4 is 35.3 Å². The molecule has 0 bridgehead atoms. The number of carbonyl (C=O) groups excluding carboxylic acids is 2. The second-order valence-corrected chi connectivity index (χ2v) is 4.93. The highest BCUT2D eigenvalue weighted by atomic mass is 35.5. The van der Waals surface area contributed by atoms with Gasteiger partial charge >= 0.3 is 0 Å². The highest BCUT2D eigenvalue weighted by molar-refractivity contribution is 8.14. The molecule has 2 N–H and O–H groups in total. The molecule has 7 heteroatoms. The fraction of sp³-hybridized carbons (Fsp3) is 0.778. The van der Waals surface area contributed by atoms with E-state index >= 15 is 0 Å². The zero-order chi connectivity index (χ0) is 10.8. The van der Waals surface area contributed by atoms with Gasteiger partial charge in [0.05, 0.1) is 0 Å². The Morgan fingerprint density at radius 3 is 2.88 bits per heavy atom. The fourth-order valence-electron chi connectivity index (χ4n) is 1.87. The van der Waals surface area contributed by atoms with E-state index in [2.05, 4.69) is 17.6 Å². The SMILES string of the molecule is C[C@H]1CN(C(=O)[C@@H]2CSC(=O)N2)CCN1.Cl. The molecule has 2 fully saturated rings. The Labute approximate surface area is 105 Å². The Morgan fingerprint density at radius 2 is 2.31 bits per heavy atom. The van der Waals surface area contributed by atoms with Gasteiger partial charge in [0.2, 0.25) is 5.91 Å². The summed E-state index contributed by atoms with van der Waals surface area (Å²) in [6.07, 6.45) is 0. The minimum Gasteiger partial charge on any atom is -0.338 e. The van der Waals surface area contributed by atoms with E-state index in [0.29, 0.717) is 11.8 Å². The van der Waals surface area contributed by atoms with Crippen LogP contribution in [0.2, 0.25) is 0 Å². The summed E-state index contributed by atoms with van der Waals surface area (Å²) in [4.78, 5) is 24.8. The number of halogens is 1. The molecule has 0 aliphatic carbocycles. The van der Waals surface area contributed by atoms with Crippen molar-refractivity contribution in [1.29, 1.82) is 0 Å². The molecule has 92 valence electrons. The number of nitrogens with one attached hydrogen (secondary N) is 2. The van der Waals surface area contributed by atoms with Gasteiger partial charge in [-0.15, -0.1) is 12.4 Å². The lowest BCUT2D eigenvalue weighted by atomic mass is 10.2. The minimum absolute atomic E-state index is 0. The van der Waals surface area contributed by atoms with Gasteiger partial charge in [0.25, 0.3) is 5.24 Å². The van der Waals surface area contributed by atoms with Crippen molar-refractivity contribution in [3.63, 3.8) is 0 Å². The summed E-state index contributed by atoms with van der Waals surface area (Å²) >= 11 is 1.19. The molecule has 5 nitrogen and oxygen atoms in total. The maximum atomic E-state index is 12.0. The van der Waals surface area contributed by atoms with E-state index in [-0.39, 0.29) is 29.6 Å². The van der Waals surface area contributed by atoms with Crippen molar-refractivity contribution in [2.24, 2.45) is 0 Å². The lowest BCUT2D eigenvalue weighted by Gasteiger charge is -2.33. The molecule has 2 heterocycles. The zero-order valence-electron chi connectivity index (χ0n) is 9.06. The van der Waals surface area contributed by atoms with Crippen molar-refractivity contribution in [2.75, 3.05) is 25.4 Å². The van der Waals surface area contributed by atoms with Crippen LogP contribution in [0, 0.1) is 0 Å². The molecule has 2 aliphatic rings. The number of hydrogen-bond acceptors (Lipinski definition) is 4. The number of nitrogens with zero attached hydrogens (tertiary/aromatic N) is 1. The quantitative estimate of drug-likeness (QED) is 0.704. The summed E-state index contributed by atoms with van der Waals surface area (Å²) in [5.74, 6) is 0.623. The molecule has 0 aromatic heterocycles. The first-order chi connectivity index (χ1) is 7.16. The highest BCUT2D eigenvalue weighted by Crippen LogP contribution is 2.15. The van der Waals surface area contributed by atoms with E-state index in [1.165, 1.54) is 11.8 Å². The predicted octanol–water partition coefficient (Wildman–Crippen LogP) is 0.0535. The van der Waals surface area contributed by atoms with Gasteiger partial charge in [0.15, 0.2) is 0 Å². The number of hydrogen-bond donors (Lipinski definition) is 2. The molecular weight excluding hydrogens is 250 g/mol. The molecule has 0 spiro atoms. The highest BCUT2D eigenvalue weighted by Gasteiger charge is 2.32. The van der Waals surface area contributed by atoms with Gasteiger partial charge in [0.1, 0.15) is 6.04 Å². The summed E-state index contributed by atoms with van der Waals surface area (Å²) in [6, 6.07) is 0.0280. The van der Waals surface area contributed by atoms with Crippen LogP contribution < -0.4 is 10.6 Å². The van der Waals surface area contributed by atoms with Crippen molar-refractivity contribution in [3.05, 3.63) is 0 Å². The van der Waals surface area contributed by atoms with Crippen LogP contribution in [0.15, 0.2) is 0 Å². The van der Waals surface area contributed by atoms with Crippen LogP contribution in [0.4, 0.5) is 4.79 Å². The topological polar surface area (TPSA) is 61.4 Å². The van der Waals surface area contributed by atoms with Gasteiger partial charge in [-0.3, -0.25) is 9.59 Å². The average molecular weight is 266 g/mol. The minimum atomic E-state index is -0.312. The average Bonchev–Trinajstić information content (AvgIpc) is 2.64. The predicted molar refractivity (Wildman–Crippen MR) is 66.1 cm³/mol. The summed E-state index contributed by atoms with van der Waals surface area (Å²) < 4.78 is 0. The van der Waals surface area contributed by atoms with Crippen LogP contribution in [-0.4, -0.2) is 53.5 Å². The molecule has 2 atom stereocenters. The second kappa shape index (κ2) is 5.75. The first-order valence-electron chi connectivity index (χ1n) is 5.12. The molecule has 2 saturated heterocycles. The summed E-state index contributed by atoms with van der Waals surface area (Å²) in [5, 5.41) is 5.87. The molecule has 0 aromatic carbocycles. The van der Waals surface area contributed by atoms with E-state index in [4.69, 9.17) is 0 Å². The molecule has 0 radical (unpaired) electrons. The number of piperazine rings is 1. The van der Waals surface area contributed by atoms with Gasteiger partial charge in [-0.2, -0.15) is 0 Å². The molecule has 2 aliphatic heterocycles. The number of thioether (sulfide) groups is 1. The maximum absolute atomic E-state index is 12.0. The third kappa shape index (κ3) is 3.02. The Kier molecular flexibility index (Phi) is 4.89. The summed E-state index contributed by atoms with van der Waals surface area (Å²) in [6.45, 7) is 4.36. The van der Waals surface area contributed by atoms with Crippen molar-refractivity contribution in [3.8, 4) is 0 Å². The van der Waals surface area contributed by atoms with Crippen LogP contribution >= 0.6 is 24.2 Å². The lowest BCUT2D eigenvalue weighted by Crippen LogP contribution is -2.55. The molecule has 2 amide bonds. The first-order valence-corrected chi connectivity index (χ1v) is 6.11. The van der Waals surface area contributed by atoms with Gasteiger partial charge in [0, 0.05) is 31.4 Å². The molecular formula is C9H16ClN3O2S. The van der Waals surface area contributed by atoms with Crippen LogP contribution in [0.5, 0.6) is 0 Å². The summed E-state index contributed by atoms with van der Waals surface area (Å²) in [5.41, 5.74) is 0. The van der Waals surface area contributed by atoms with Crippen LogP contribution in [0.3, 0.4) is 0 Å². The Hall–Kier alpha value is -0.460. The molecule has 0 aromatic rings. The van der Waals surface area contributed by atoms with E-state index in [9.17, 15) is 9.59 Å². The maximum Gasteiger partial charge on any atom is 0.279 e. The monoisotopic (exact) mass is 265 g/mol. The van der Waals surface area contributed by atoms with Crippen molar-refractivity contribution < 1.29 is 9.59 Å². The summed E-state index contributed by atoms with van der Waals surface area (Å²) in [7, 11) is 0.